The van der Waals surface area contributed by atoms with Crippen molar-refractivity contribution in [2.75, 3.05) is 5.73 Å². The molecule has 1 heterocycles. The number of nitrogens with two attached hydrogens (primary N) is 1. The van der Waals surface area contributed by atoms with Crippen LogP contribution in [0.2, 0.25) is 0 Å². The Morgan fingerprint density at radius 1 is 1.64 bits per heavy atom. The lowest BCUT2D eigenvalue weighted by Crippen LogP contribution is -2.02. The number of rotatable bonds is 1. The Hall–Kier alpha value is -0.840. The third-order valence-corrected chi connectivity index (χ3v) is 1.27. The van der Waals surface area contributed by atoms with Crippen LogP contribution in [-0.4, -0.2) is 9.78 Å². The number of nitrogens with zero attached hydrogens (tertiary/aromatic N) is 2. The Balaban J connectivity index is 0.000001000. The van der Waals surface area contributed by atoms with E-state index in [2.05, 4.69) is 5.10 Å². The van der Waals surface area contributed by atoms with Crippen LogP contribution in [0.25, 0.3) is 0 Å². The Kier molecular flexibility index (Phi) is 3.25. The average molecular weight is 184 g/mol. The number of halogens is 3. The minimum atomic E-state index is -2.60. The summed E-state index contributed by atoms with van der Waals surface area (Å²) in [7, 11) is 0. The van der Waals surface area contributed by atoms with Crippen molar-refractivity contribution in [1.29, 1.82) is 0 Å². The highest BCUT2D eigenvalue weighted by atomic mass is 35.5. The van der Waals surface area contributed by atoms with E-state index < -0.39 is 6.55 Å². The molecule has 0 aliphatic rings. The SMILES string of the molecule is Cc1c(N)cnn1C(F)F.Cl. The fourth-order valence-electron chi connectivity index (χ4n) is 0.633. The molecule has 0 aliphatic carbocycles. The van der Waals surface area contributed by atoms with Crippen LogP contribution in [-0.2, 0) is 0 Å². The minimum absolute atomic E-state index is 0. The summed E-state index contributed by atoms with van der Waals surface area (Å²) < 4.78 is 24.4. The molecule has 6 heteroatoms. The lowest BCUT2D eigenvalue weighted by atomic mass is 10.4. The maximum Gasteiger partial charge on any atom is 0.333 e. The van der Waals surface area contributed by atoms with Gasteiger partial charge in [0.15, 0.2) is 0 Å². The van der Waals surface area contributed by atoms with Crippen LogP contribution in [0.15, 0.2) is 6.20 Å². The Labute approximate surface area is 68.6 Å². The minimum Gasteiger partial charge on any atom is -0.396 e. The van der Waals surface area contributed by atoms with Crippen molar-refractivity contribution in [3.05, 3.63) is 11.9 Å². The second kappa shape index (κ2) is 3.52. The zero-order valence-electron chi connectivity index (χ0n) is 5.79. The summed E-state index contributed by atoms with van der Waals surface area (Å²) >= 11 is 0. The van der Waals surface area contributed by atoms with E-state index in [1.165, 1.54) is 13.1 Å². The van der Waals surface area contributed by atoms with Gasteiger partial charge in [-0.3, -0.25) is 0 Å². The first kappa shape index (κ1) is 10.2. The van der Waals surface area contributed by atoms with Crippen molar-refractivity contribution in [1.82, 2.24) is 9.78 Å². The highest BCUT2D eigenvalue weighted by molar-refractivity contribution is 5.85. The normalized spacial score (nSPS) is 9.82. The van der Waals surface area contributed by atoms with Crippen molar-refractivity contribution in [2.45, 2.75) is 13.5 Å². The predicted molar refractivity (Wildman–Crippen MR) is 39.9 cm³/mol. The van der Waals surface area contributed by atoms with Crippen LogP contribution in [0.5, 0.6) is 0 Å². The van der Waals surface area contributed by atoms with E-state index in [0.29, 0.717) is 16.1 Å². The van der Waals surface area contributed by atoms with Crippen molar-refractivity contribution in [3.8, 4) is 0 Å². The number of hydrogen-bond donors (Lipinski definition) is 1. The van der Waals surface area contributed by atoms with E-state index >= 15 is 0 Å². The van der Waals surface area contributed by atoms with Crippen LogP contribution in [0.3, 0.4) is 0 Å². The van der Waals surface area contributed by atoms with Crippen LogP contribution >= 0.6 is 12.4 Å². The molecule has 11 heavy (non-hydrogen) atoms. The molecule has 0 atom stereocenters. The number of hydrogen-bond acceptors (Lipinski definition) is 2. The topological polar surface area (TPSA) is 43.8 Å². The lowest BCUT2D eigenvalue weighted by molar-refractivity contribution is 0.0545. The first-order valence-electron chi connectivity index (χ1n) is 2.70. The number of nitrogen functional groups attached to an aromatic ring is 1. The molecular formula is C5H8ClF2N3. The van der Waals surface area contributed by atoms with Gasteiger partial charge in [0.05, 0.1) is 17.6 Å². The monoisotopic (exact) mass is 183 g/mol. The first-order chi connectivity index (χ1) is 4.63. The average Bonchev–Trinajstić information content (AvgIpc) is 2.14. The third-order valence-electron chi connectivity index (χ3n) is 1.27. The van der Waals surface area contributed by atoms with Gasteiger partial charge in [-0.25, -0.2) is 4.68 Å². The fraction of sp³-hybridized carbons (Fsp3) is 0.400. The molecule has 0 aliphatic heterocycles. The summed E-state index contributed by atoms with van der Waals surface area (Å²) in [6.45, 7) is -1.11. The maximum atomic E-state index is 11.9. The highest BCUT2D eigenvalue weighted by Crippen LogP contribution is 2.15. The van der Waals surface area contributed by atoms with Gasteiger partial charge in [-0.2, -0.15) is 13.9 Å². The molecular weight excluding hydrogens is 176 g/mol. The van der Waals surface area contributed by atoms with Gasteiger partial charge in [0.1, 0.15) is 0 Å². The van der Waals surface area contributed by atoms with Crippen LogP contribution in [0.4, 0.5) is 14.5 Å². The molecule has 0 amide bonds. The summed E-state index contributed by atoms with van der Waals surface area (Å²) in [6, 6.07) is 0. The quantitative estimate of drug-likeness (QED) is 0.719. The van der Waals surface area contributed by atoms with Gasteiger partial charge in [0.2, 0.25) is 0 Å². The first-order valence-corrected chi connectivity index (χ1v) is 2.70. The summed E-state index contributed by atoms with van der Waals surface area (Å²) in [5, 5.41) is 3.36. The van der Waals surface area contributed by atoms with Gasteiger partial charge in [-0.1, -0.05) is 0 Å². The van der Waals surface area contributed by atoms with Gasteiger partial charge in [0, 0.05) is 0 Å². The van der Waals surface area contributed by atoms with E-state index in [9.17, 15) is 8.78 Å². The van der Waals surface area contributed by atoms with E-state index in [1.54, 1.807) is 0 Å². The molecule has 0 saturated carbocycles. The Morgan fingerprint density at radius 3 is 2.36 bits per heavy atom. The lowest BCUT2D eigenvalue weighted by Gasteiger charge is -2.00. The van der Waals surface area contributed by atoms with Crippen molar-refractivity contribution < 1.29 is 8.78 Å². The Bertz CT molecular complexity index is 236. The molecule has 3 nitrogen and oxygen atoms in total. The zero-order valence-corrected chi connectivity index (χ0v) is 6.61. The zero-order chi connectivity index (χ0) is 7.72. The van der Waals surface area contributed by atoms with E-state index in [1.807, 2.05) is 0 Å². The fourth-order valence-corrected chi connectivity index (χ4v) is 0.633. The maximum absolute atomic E-state index is 11.9. The molecule has 0 bridgehead atoms. The summed E-state index contributed by atoms with van der Waals surface area (Å²) in [5.74, 6) is 0. The highest BCUT2D eigenvalue weighted by Gasteiger charge is 2.10. The number of anilines is 1. The molecule has 64 valence electrons. The molecule has 2 N–H and O–H groups in total. The molecule has 1 rings (SSSR count). The largest absolute Gasteiger partial charge is 0.396 e. The van der Waals surface area contributed by atoms with E-state index in [0.717, 1.165) is 0 Å². The second-order valence-electron chi connectivity index (χ2n) is 1.91. The van der Waals surface area contributed by atoms with Gasteiger partial charge in [-0.15, -0.1) is 12.4 Å². The van der Waals surface area contributed by atoms with Crippen LogP contribution < -0.4 is 5.73 Å². The van der Waals surface area contributed by atoms with Gasteiger partial charge >= 0.3 is 6.55 Å². The molecule has 0 saturated heterocycles. The third kappa shape index (κ3) is 1.80. The predicted octanol–water partition coefficient (Wildman–Crippen LogP) is 1.59. The number of aromatic nitrogens is 2. The summed E-state index contributed by atoms with van der Waals surface area (Å²) in [4.78, 5) is 0. The Morgan fingerprint density at radius 2 is 2.18 bits per heavy atom. The van der Waals surface area contributed by atoms with Crippen molar-refractivity contribution in [2.24, 2.45) is 0 Å². The van der Waals surface area contributed by atoms with Crippen molar-refractivity contribution in [3.63, 3.8) is 0 Å². The second-order valence-corrected chi connectivity index (χ2v) is 1.91. The molecule has 1 aromatic rings. The molecule has 0 radical (unpaired) electrons. The van der Waals surface area contributed by atoms with Crippen molar-refractivity contribution >= 4 is 18.1 Å². The number of alkyl halides is 2. The molecule has 0 aromatic carbocycles. The standard InChI is InChI=1S/C5H7F2N3.ClH/c1-3-4(8)2-9-10(3)5(6)7;/h2,5H,8H2,1H3;1H. The molecule has 0 fully saturated rings. The van der Waals surface area contributed by atoms with Crippen LogP contribution in [0.1, 0.15) is 12.2 Å². The van der Waals surface area contributed by atoms with Gasteiger partial charge in [0.25, 0.3) is 0 Å². The summed E-state index contributed by atoms with van der Waals surface area (Å²) in [6.07, 6.45) is 1.21. The molecule has 0 unspecified atom stereocenters. The van der Waals surface area contributed by atoms with Crippen LogP contribution in [0, 0.1) is 6.92 Å². The molecule has 1 aromatic heterocycles. The smallest absolute Gasteiger partial charge is 0.333 e. The van der Waals surface area contributed by atoms with E-state index in [-0.39, 0.29) is 12.4 Å². The van der Waals surface area contributed by atoms with Gasteiger partial charge in [-0.05, 0) is 6.92 Å². The van der Waals surface area contributed by atoms with E-state index in [4.69, 9.17) is 5.73 Å². The van der Waals surface area contributed by atoms with Gasteiger partial charge < -0.3 is 5.73 Å². The molecule has 0 spiro atoms. The summed E-state index contributed by atoms with van der Waals surface area (Å²) in [5.41, 5.74) is 5.85.